The van der Waals surface area contributed by atoms with Crippen molar-refractivity contribution in [2.24, 2.45) is 0 Å². The van der Waals surface area contributed by atoms with Crippen molar-refractivity contribution in [2.45, 2.75) is 4.90 Å². The van der Waals surface area contributed by atoms with Crippen LogP contribution in [0.15, 0.2) is 29.2 Å². The topological polar surface area (TPSA) is 74.6 Å². The third-order valence-electron chi connectivity index (χ3n) is 1.13. The molecule has 0 heterocycles. The average Bonchev–Trinajstić information content (AvgIpc) is 1.86. The molecule has 4 nitrogen and oxygen atoms in total. The molecule has 0 saturated heterocycles. The zero-order chi connectivity index (χ0) is 8.48. The van der Waals surface area contributed by atoms with Crippen LogP contribution < -0.4 is 0 Å². The molecule has 0 fully saturated rings. The van der Waals surface area contributed by atoms with E-state index < -0.39 is 10.1 Å². The summed E-state index contributed by atoms with van der Waals surface area (Å²) < 4.78 is 29.3. The molecule has 0 aliphatic rings. The van der Waals surface area contributed by atoms with Crippen LogP contribution in [0.25, 0.3) is 0 Å². The van der Waals surface area contributed by atoms with Crippen molar-refractivity contribution in [1.82, 2.24) is 0 Å². The van der Waals surface area contributed by atoms with Gasteiger partial charge < -0.3 is 5.11 Å². The van der Waals surface area contributed by atoms with Crippen LogP contribution >= 0.6 is 0 Å². The van der Waals surface area contributed by atoms with Crippen LogP contribution in [0, 0.1) is 0 Å². The van der Waals surface area contributed by atoms with Crippen molar-refractivity contribution >= 4 is 47.9 Å². The van der Waals surface area contributed by atoms with Gasteiger partial charge in [0.1, 0.15) is 5.75 Å². The van der Waals surface area contributed by atoms with Crippen molar-refractivity contribution in [3.8, 4) is 5.75 Å². The van der Waals surface area contributed by atoms with E-state index in [0.717, 1.165) is 12.1 Å². The number of phenols is 1. The Morgan fingerprint density at radius 2 is 1.50 bits per heavy atom. The summed E-state index contributed by atoms with van der Waals surface area (Å²) in [7, 11) is -4.13. The number of hydrogen-bond donors (Lipinski definition) is 2. The Balaban J connectivity index is 0.00000121. The van der Waals surface area contributed by atoms with E-state index in [1.165, 1.54) is 12.1 Å². The van der Waals surface area contributed by atoms with Crippen LogP contribution in [0.3, 0.4) is 0 Å². The minimum Gasteiger partial charge on any atom is -0.508 e. The molecule has 1 rings (SSSR count). The Bertz CT molecular complexity index is 342. The van der Waals surface area contributed by atoms with Gasteiger partial charge in [-0.05, 0) is 24.3 Å². The van der Waals surface area contributed by atoms with E-state index in [1.807, 2.05) is 0 Å². The summed E-state index contributed by atoms with van der Waals surface area (Å²) in [6.07, 6.45) is 0. The molecule has 0 saturated carbocycles. The number of aromatic hydroxyl groups is 1. The third-order valence-corrected chi connectivity index (χ3v) is 2.00. The van der Waals surface area contributed by atoms with Gasteiger partial charge in [-0.1, -0.05) is 0 Å². The first-order chi connectivity index (χ1) is 5.00. The number of phenolic OH excluding ortho intramolecular Hbond substituents is 1. The van der Waals surface area contributed by atoms with Crippen molar-refractivity contribution in [1.29, 1.82) is 0 Å². The molecule has 0 atom stereocenters. The van der Waals surface area contributed by atoms with Gasteiger partial charge in [-0.25, -0.2) is 0 Å². The Morgan fingerprint density at radius 3 is 1.83 bits per heavy atom. The number of rotatable bonds is 1. The summed E-state index contributed by atoms with van der Waals surface area (Å²) in [4.78, 5) is -0.227. The van der Waals surface area contributed by atoms with Crippen LogP contribution in [0.1, 0.15) is 0 Å². The average molecular weight is 214 g/mol. The fourth-order valence-corrected chi connectivity index (χ4v) is 1.10. The van der Waals surface area contributed by atoms with Crippen LogP contribution in [-0.2, 0) is 10.1 Å². The molecule has 2 N–H and O–H groups in total. The molecular formula is C6H6CaO4S. The second-order valence-corrected chi connectivity index (χ2v) is 3.39. The molecule has 6 heteroatoms. The zero-order valence-corrected chi connectivity index (χ0v) is 9.16. The van der Waals surface area contributed by atoms with E-state index in [4.69, 9.17) is 9.66 Å². The molecule has 12 heavy (non-hydrogen) atoms. The SMILES string of the molecule is O=S(=O)(O)c1ccc(O)cc1.[Ca]. The molecule has 1 aromatic rings. The molecule has 0 amide bonds. The van der Waals surface area contributed by atoms with Crippen LogP contribution in [0.2, 0.25) is 0 Å². The fourth-order valence-electron chi connectivity index (χ4n) is 0.618. The third kappa shape index (κ3) is 3.28. The minimum absolute atomic E-state index is 0. The smallest absolute Gasteiger partial charge is 0.294 e. The normalized spacial score (nSPS) is 10.4. The zero-order valence-electron chi connectivity index (χ0n) is 6.14. The van der Waals surface area contributed by atoms with E-state index in [-0.39, 0.29) is 48.4 Å². The Kier molecular flexibility index (Phi) is 4.50. The van der Waals surface area contributed by atoms with Gasteiger partial charge in [0, 0.05) is 37.7 Å². The quantitative estimate of drug-likeness (QED) is 0.519. The van der Waals surface area contributed by atoms with Crippen LogP contribution in [0.5, 0.6) is 5.75 Å². The predicted molar refractivity (Wildman–Crippen MR) is 43.7 cm³/mol. The molecule has 0 bridgehead atoms. The number of benzene rings is 1. The van der Waals surface area contributed by atoms with Gasteiger partial charge in [-0.15, -0.1) is 0 Å². The van der Waals surface area contributed by atoms with Crippen LogP contribution in [-0.4, -0.2) is 55.8 Å². The largest absolute Gasteiger partial charge is 0.508 e. The van der Waals surface area contributed by atoms with Gasteiger partial charge in [-0.3, -0.25) is 4.55 Å². The van der Waals surface area contributed by atoms with Crippen molar-refractivity contribution in [3.63, 3.8) is 0 Å². The van der Waals surface area contributed by atoms with E-state index in [0.29, 0.717) is 0 Å². The molecule has 2 radical (unpaired) electrons. The Morgan fingerprint density at radius 1 is 1.08 bits per heavy atom. The van der Waals surface area contributed by atoms with Gasteiger partial charge >= 0.3 is 0 Å². The summed E-state index contributed by atoms with van der Waals surface area (Å²) in [6, 6.07) is 4.60. The maximum Gasteiger partial charge on any atom is 0.294 e. The molecule has 0 aliphatic carbocycles. The van der Waals surface area contributed by atoms with Gasteiger partial charge in [-0.2, -0.15) is 8.42 Å². The van der Waals surface area contributed by atoms with E-state index in [1.54, 1.807) is 0 Å². The summed E-state index contributed by atoms with van der Waals surface area (Å²) >= 11 is 0. The first-order valence-corrected chi connectivity index (χ1v) is 4.21. The minimum atomic E-state index is -4.13. The predicted octanol–water partition coefficient (Wildman–Crippen LogP) is 0.258. The molecule has 0 spiro atoms. The summed E-state index contributed by atoms with van der Waals surface area (Å²) in [5, 5.41) is 8.75. The van der Waals surface area contributed by atoms with Crippen molar-refractivity contribution in [3.05, 3.63) is 24.3 Å². The molecule has 0 unspecified atom stereocenters. The standard InChI is InChI=1S/C6H6O4S.Ca/c7-5-1-3-6(4-2-5)11(8,9)10;/h1-4,7H,(H,8,9,10);. The van der Waals surface area contributed by atoms with E-state index in [9.17, 15) is 8.42 Å². The Hall–Kier alpha value is 0.190. The van der Waals surface area contributed by atoms with E-state index in [2.05, 4.69) is 0 Å². The first-order valence-electron chi connectivity index (χ1n) is 2.77. The summed E-state index contributed by atoms with van der Waals surface area (Å²) in [5.41, 5.74) is 0. The second-order valence-electron chi connectivity index (χ2n) is 1.97. The first kappa shape index (κ1) is 12.2. The summed E-state index contributed by atoms with van der Waals surface area (Å²) in [5.74, 6) is -0.0441. The second kappa shape index (κ2) is 4.43. The maximum absolute atomic E-state index is 10.4. The van der Waals surface area contributed by atoms with Crippen molar-refractivity contribution < 1.29 is 18.1 Å². The fraction of sp³-hybridized carbons (Fsp3) is 0. The monoisotopic (exact) mass is 214 g/mol. The summed E-state index contributed by atoms with van der Waals surface area (Å²) in [6.45, 7) is 0. The molecule has 1 aromatic carbocycles. The Labute approximate surface area is 100.0 Å². The van der Waals surface area contributed by atoms with Gasteiger partial charge in [0.15, 0.2) is 0 Å². The molecule has 0 aromatic heterocycles. The van der Waals surface area contributed by atoms with Gasteiger partial charge in [0.2, 0.25) is 0 Å². The van der Waals surface area contributed by atoms with E-state index >= 15 is 0 Å². The van der Waals surface area contributed by atoms with Gasteiger partial charge in [0.05, 0.1) is 4.90 Å². The van der Waals surface area contributed by atoms with Gasteiger partial charge in [0.25, 0.3) is 10.1 Å². The maximum atomic E-state index is 10.4. The van der Waals surface area contributed by atoms with Crippen molar-refractivity contribution in [2.75, 3.05) is 0 Å². The molecular weight excluding hydrogens is 208 g/mol. The molecule has 0 aliphatic heterocycles. The number of hydrogen-bond acceptors (Lipinski definition) is 3. The molecule has 62 valence electrons. The van der Waals surface area contributed by atoms with Crippen LogP contribution in [0.4, 0.5) is 0 Å².